The Hall–Kier alpha value is -2.87. The number of carbonyl (C=O) groups is 1. The van der Waals surface area contributed by atoms with Gasteiger partial charge in [-0.25, -0.2) is 4.39 Å². The molecule has 1 aromatic heterocycles. The summed E-state index contributed by atoms with van der Waals surface area (Å²) in [5, 5.41) is 7.80. The number of rotatable bonds is 5. The molecule has 0 saturated carbocycles. The molecule has 0 bridgehead atoms. The maximum absolute atomic E-state index is 13.4. The molecule has 8 heteroatoms. The average molecular weight is 386 g/mol. The van der Waals surface area contributed by atoms with Crippen molar-refractivity contribution in [3.8, 4) is 23.0 Å². The number of hydrogen-bond donors (Lipinski definition) is 0. The summed E-state index contributed by atoms with van der Waals surface area (Å²) < 4.78 is 29.5. The Bertz CT molecular complexity index is 1020. The summed E-state index contributed by atoms with van der Waals surface area (Å²) in [6.45, 7) is 0. The molecule has 1 aliphatic rings. The number of carbonyl (C=O) groups excluding carboxylic acids is 1. The minimum absolute atomic E-state index is 0.0264. The van der Waals surface area contributed by atoms with Gasteiger partial charge in [0.25, 0.3) is 5.22 Å². The quantitative estimate of drug-likeness (QED) is 0.660. The molecule has 6 nitrogen and oxygen atoms in total. The van der Waals surface area contributed by atoms with Crippen LogP contribution in [-0.4, -0.2) is 35.5 Å². The summed E-state index contributed by atoms with van der Waals surface area (Å²) in [5.41, 5.74) is 1.99. The largest absolute Gasteiger partial charge is 0.493 e. The molecule has 1 aliphatic carbocycles. The van der Waals surface area contributed by atoms with E-state index in [9.17, 15) is 9.18 Å². The highest BCUT2D eigenvalue weighted by Gasteiger charge is 2.34. The first kappa shape index (κ1) is 17.5. The molecule has 3 aromatic rings. The molecule has 0 spiro atoms. The summed E-state index contributed by atoms with van der Waals surface area (Å²) in [4.78, 5) is 12.7. The van der Waals surface area contributed by atoms with Crippen LogP contribution in [0.5, 0.6) is 11.5 Å². The van der Waals surface area contributed by atoms with Gasteiger partial charge in [0.05, 0.1) is 19.5 Å². The van der Waals surface area contributed by atoms with Crippen LogP contribution in [0.25, 0.3) is 11.5 Å². The summed E-state index contributed by atoms with van der Waals surface area (Å²) in [7, 11) is 3.09. The first-order valence-corrected chi connectivity index (χ1v) is 9.02. The van der Waals surface area contributed by atoms with E-state index in [4.69, 9.17) is 13.9 Å². The van der Waals surface area contributed by atoms with E-state index in [2.05, 4.69) is 10.2 Å². The molecule has 0 amide bonds. The van der Waals surface area contributed by atoms with E-state index in [0.717, 1.165) is 5.56 Å². The third-order valence-corrected chi connectivity index (χ3v) is 5.33. The Balaban J connectivity index is 1.55. The van der Waals surface area contributed by atoms with E-state index >= 15 is 0 Å². The van der Waals surface area contributed by atoms with Gasteiger partial charge in [0.1, 0.15) is 5.82 Å². The number of ether oxygens (including phenoxy) is 2. The van der Waals surface area contributed by atoms with E-state index in [1.54, 1.807) is 25.3 Å². The predicted molar refractivity (Wildman–Crippen MR) is 96.9 cm³/mol. The van der Waals surface area contributed by atoms with Crippen LogP contribution in [-0.2, 0) is 6.42 Å². The van der Waals surface area contributed by atoms with E-state index in [-0.39, 0.29) is 28.0 Å². The van der Waals surface area contributed by atoms with Crippen LogP contribution in [0, 0.1) is 5.82 Å². The lowest BCUT2D eigenvalue weighted by atomic mass is 10.1. The van der Waals surface area contributed by atoms with Crippen molar-refractivity contribution in [2.45, 2.75) is 16.9 Å². The molecule has 2 aromatic carbocycles. The van der Waals surface area contributed by atoms with Gasteiger partial charge >= 0.3 is 0 Å². The van der Waals surface area contributed by atoms with Crippen molar-refractivity contribution in [1.29, 1.82) is 0 Å². The van der Waals surface area contributed by atoms with Crippen molar-refractivity contribution in [1.82, 2.24) is 10.2 Å². The summed E-state index contributed by atoms with van der Waals surface area (Å²) >= 11 is 1.20. The maximum Gasteiger partial charge on any atom is 0.277 e. The average Bonchev–Trinajstić information content (AvgIpc) is 3.26. The van der Waals surface area contributed by atoms with Crippen LogP contribution >= 0.6 is 11.8 Å². The lowest BCUT2D eigenvalue weighted by Crippen LogP contribution is -2.11. The summed E-state index contributed by atoms with van der Waals surface area (Å²) in [6.07, 6.45) is 0.525. The smallest absolute Gasteiger partial charge is 0.277 e. The molecule has 0 fully saturated rings. The lowest BCUT2D eigenvalue weighted by Gasteiger charge is -2.09. The standard InChI is InChI=1S/C19H15FN2O4S/c1-24-14-7-11-8-16(17(23)13(11)9-15(14)25-2)27-19-22-21-18(26-19)10-4-3-5-12(20)6-10/h3-7,9,16H,8H2,1-2H3/t16-/m1/s1. The van der Waals surface area contributed by atoms with Gasteiger partial charge in [-0.2, -0.15) is 0 Å². The molecule has 0 saturated heterocycles. The van der Waals surface area contributed by atoms with E-state index in [1.807, 2.05) is 6.07 Å². The molecule has 4 rings (SSSR count). The fourth-order valence-electron chi connectivity index (χ4n) is 3.00. The number of thioether (sulfide) groups is 1. The predicted octanol–water partition coefficient (Wildman–Crippen LogP) is 3.79. The number of fused-ring (bicyclic) bond motifs is 1. The van der Waals surface area contributed by atoms with Gasteiger partial charge in [-0.05, 0) is 42.3 Å². The molecule has 0 unspecified atom stereocenters. The monoisotopic (exact) mass is 386 g/mol. The van der Waals surface area contributed by atoms with Gasteiger partial charge in [-0.1, -0.05) is 17.8 Å². The van der Waals surface area contributed by atoms with Crippen LogP contribution in [0.1, 0.15) is 15.9 Å². The van der Waals surface area contributed by atoms with Crippen LogP contribution in [0.2, 0.25) is 0 Å². The number of ketones is 1. The molecular weight excluding hydrogens is 371 g/mol. The molecule has 0 aliphatic heterocycles. The number of methoxy groups -OCH3 is 2. The first-order chi connectivity index (χ1) is 13.1. The molecule has 0 N–H and O–H groups in total. The molecule has 0 radical (unpaired) electrons. The summed E-state index contributed by atoms with van der Waals surface area (Å²) in [5.74, 6) is 0.899. The number of halogens is 1. The zero-order valence-electron chi connectivity index (χ0n) is 14.6. The third-order valence-electron chi connectivity index (χ3n) is 4.29. The second-order valence-corrected chi connectivity index (χ2v) is 7.08. The zero-order valence-corrected chi connectivity index (χ0v) is 15.4. The fraction of sp³-hybridized carbons (Fsp3) is 0.211. The molecule has 1 atom stereocenters. The minimum atomic E-state index is -0.385. The van der Waals surface area contributed by atoms with Crippen molar-refractivity contribution >= 4 is 17.5 Å². The Morgan fingerprint density at radius 2 is 1.93 bits per heavy atom. The Morgan fingerprint density at radius 3 is 2.67 bits per heavy atom. The van der Waals surface area contributed by atoms with Crippen LogP contribution < -0.4 is 9.47 Å². The number of nitrogens with zero attached hydrogens (tertiary/aromatic N) is 2. The van der Waals surface area contributed by atoms with Gasteiger partial charge in [0, 0.05) is 11.1 Å². The van der Waals surface area contributed by atoms with Gasteiger partial charge in [0.2, 0.25) is 5.89 Å². The SMILES string of the molecule is COc1cc2c(cc1OC)C(=O)[C@H](Sc1nnc(-c3cccc(F)c3)o1)C2. The maximum atomic E-state index is 13.4. The molecule has 1 heterocycles. The Kier molecular flexibility index (Phi) is 4.57. The second-order valence-electron chi connectivity index (χ2n) is 5.92. The lowest BCUT2D eigenvalue weighted by molar-refractivity contribution is 0.0999. The van der Waals surface area contributed by atoms with Gasteiger partial charge < -0.3 is 13.9 Å². The number of benzene rings is 2. The number of hydrogen-bond acceptors (Lipinski definition) is 7. The first-order valence-electron chi connectivity index (χ1n) is 8.14. The second kappa shape index (κ2) is 7.03. The van der Waals surface area contributed by atoms with Gasteiger partial charge in [-0.15, -0.1) is 10.2 Å². The minimum Gasteiger partial charge on any atom is -0.493 e. The van der Waals surface area contributed by atoms with Crippen molar-refractivity contribution in [3.63, 3.8) is 0 Å². The third kappa shape index (κ3) is 3.28. The van der Waals surface area contributed by atoms with Crippen LogP contribution in [0.15, 0.2) is 46.0 Å². The topological polar surface area (TPSA) is 74.5 Å². The highest BCUT2D eigenvalue weighted by Crippen LogP contribution is 2.39. The van der Waals surface area contributed by atoms with E-state index < -0.39 is 0 Å². The van der Waals surface area contributed by atoms with Gasteiger partial charge in [0.15, 0.2) is 17.3 Å². The highest BCUT2D eigenvalue weighted by molar-refractivity contribution is 8.00. The molecular formula is C19H15FN2O4S. The Labute approximate surface area is 158 Å². The van der Waals surface area contributed by atoms with Crippen molar-refractivity contribution in [3.05, 3.63) is 53.3 Å². The van der Waals surface area contributed by atoms with Crippen LogP contribution in [0.4, 0.5) is 4.39 Å². The summed E-state index contributed by atoms with van der Waals surface area (Å²) in [6, 6.07) is 9.42. The van der Waals surface area contributed by atoms with Crippen molar-refractivity contribution in [2.24, 2.45) is 0 Å². The van der Waals surface area contributed by atoms with E-state index in [0.29, 0.717) is 29.0 Å². The number of aromatic nitrogens is 2. The van der Waals surface area contributed by atoms with Crippen LogP contribution in [0.3, 0.4) is 0 Å². The Morgan fingerprint density at radius 1 is 1.15 bits per heavy atom. The highest BCUT2D eigenvalue weighted by atomic mass is 32.2. The van der Waals surface area contributed by atoms with E-state index in [1.165, 1.54) is 31.0 Å². The zero-order chi connectivity index (χ0) is 19.0. The van der Waals surface area contributed by atoms with Gasteiger partial charge in [-0.3, -0.25) is 4.79 Å². The number of Topliss-reactive ketones (excluding diaryl/α,β-unsaturated/α-hetero) is 1. The fourth-order valence-corrected chi connectivity index (χ4v) is 3.95. The molecule has 138 valence electrons. The van der Waals surface area contributed by atoms with Crippen molar-refractivity contribution in [2.75, 3.05) is 14.2 Å². The van der Waals surface area contributed by atoms with Crippen molar-refractivity contribution < 1.29 is 23.1 Å². The molecule has 27 heavy (non-hydrogen) atoms. The normalized spacial score (nSPS) is 15.7.